The summed E-state index contributed by atoms with van der Waals surface area (Å²) in [7, 11) is 0. The molecule has 0 saturated carbocycles. The summed E-state index contributed by atoms with van der Waals surface area (Å²) in [5, 5.41) is 18.6. The maximum atomic E-state index is 9.28. The Morgan fingerprint density at radius 1 is 1.32 bits per heavy atom. The molecule has 1 aromatic heterocycles. The van der Waals surface area contributed by atoms with Gasteiger partial charge in [0.1, 0.15) is 5.69 Å². The van der Waals surface area contributed by atoms with E-state index in [-0.39, 0.29) is 12.5 Å². The van der Waals surface area contributed by atoms with E-state index >= 15 is 0 Å². The molecule has 0 amide bonds. The summed E-state index contributed by atoms with van der Waals surface area (Å²) in [4.78, 5) is 0. The fraction of sp³-hybridized carbons (Fsp3) is 0.385. The van der Waals surface area contributed by atoms with Crippen LogP contribution >= 0.6 is 23.2 Å². The molecule has 1 N–H and O–H groups in total. The van der Waals surface area contributed by atoms with E-state index in [0.717, 1.165) is 11.3 Å². The van der Waals surface area contributed by atoms with Gasteiger partial charge in [-0.1, -0.05) is 48.3 Å². The number of hydrogen-bond acceptors (Lipinski definition) is 3. The zero-order chi connectivity index (χ0) is 14.0. The van der Waals surface area contributed by atoms with Gasteiger partial charge in [-0.25, -0.2) is 4.68 Å². The third-order valence-corrected chi connectivity index (χ3v) is 3.47. The first-order valence-electron chi connectivity index (χ1n) is 6.00. The molecule has 2 aromatic rings. The van der Waals surface area contributed by atoms with Crippen molar-refractivity contribution in [3.05, 3.63) is 45.2 Å². The third-order valence-electron chi connectivity index (χ3n) is 2.88. The maximum Gasteiger partial charge on any atom is 0.112 e. The molecule has 0 atom stereocenters. The van der Waals surface area contributed by atoms with Crippen LogP contribution in [-0.2, 0) is 13.2 Å². The van der Waals surface area contributed by atoms with E-state index in [0.29, 0.717) is 22.3 Å². The highest BCUT2D eigenvalue weighted by molar-refractivity contribution is 6.35. The van der Waals surface area contributed by atoms with Crippen LogP contribution in [0.4, 0.5) is 0 Å². The van der Waals surface area contributed by atoms with E-state index < -0.39 is 0 Å². The summed E-state index contributed by atoms with van der Waals surface area (Å²) < 4.78 is 1.77. The van der Waals surface area contributed by atoms with Gasteiger partial charge in [0, 0.05) is 10.0 Å². The minimum absolute atomic E-state index is 0.109. The average Bonchev–Trinajstić information content (AvgIpc) is 2.75. The van der Waals surface area contributed by atoms with Gasteiger partial charge in [-0.05, 0) is 23.6 Å². The number of aromatic nitrogens is 3. The Labute approximate surface area is 122 Å². The van der Waals surface area contributed by atoms with Crippen LogP contribution in [0.2, 0.25) is 10.0 Å². The average molecular weight is 300 g/mol. The Kier molecular flexibility index (Phi) is 4.45. The molecule has 0 bridgehead atoms. The van der Waals surface area contributed by atoms with Crippen molar-refractivity contribution in [2.45, 2.75) is 32.9 Å². The topological polar surface area (TPSA) is 50.9 Å². The van der Waals surface area contributed by atoms with E-state index in [1.807, 2.05) is 19.9 Å². The van der Waals surface area contributed by atoms with Crippen LogP contribution in [0.1, 0.15) is 36.7 Å². The first kappa shape index (κ1) is 14.3. The number of nitrogens with zero attached hydrogens (tertiary/aromatic N) is 3. The Hall–Kier alpha value is -1.10. The molecule has 102 valence electrons. The molecule has 0 spiro atoms. The van der Waals surface area contributed by atoms with Gasteiger partial charge in [-0.2, -0.15) is 0 Å². The van der Waals surface area contributed by atoms with Gasteiger partial charge in [0.15, 0.2) is 0 Å². The van der Waals surface area contributed by atoms with Crippen LogP contribution < -0.4 is 0 Å². The molecule has 0 aliphatic carbocycles. The summed E-state index contributed by atoms with van der Waals surface area (Å²) in [6, 6.07) is 5.37. The van der Waals surface area contributed by atoms with Crippen molar-refractivity contribution < 1.29 is 5.11 Å². The lowest BCUT2D eigenvalue weighted by atomic mass is 10.1. The summed E-state index contributed by atoms with van der Waals surface area (Å²) in [6.45, 7) is 4.48. The molecule has 1 heterocycles. The number of aliphatic hydroxyl groups excluding tert-OH is 1. The quantitative estimate of drug-likeness (QED) is 0.943. The van der Waals surface area contributed by atoms with Crippen LogP contribution in [0, 0.1) is 0 Å². The van der Waals surface area contributed by atoms with Crippen LogP contribution in [0.25, 0.3) is 0 Å². The van der Waals surface area contributed by atoms with E-state index in [4.69, 9.17) is 23.2 Å². The minimum atomic E-state index is -0.109. The summed E-state index contributed by atoms with van der Waals surface area (Å²) in [5.41, 5.74) is 2.45. The number of hydrogen-bond donors (Lipinski definition) is 1. The van der Waals surface area contributed by atoms with E-state index in [1.165, 1.54) is 0 Å². The zero-order valence-electron chi connectivity index (χ0n) is 10.8. The first-order valence-corrected chi connectivity index (χ1v) is 6.75. The molecule has 6 heteroatoms. The number of benzene rings is 1. The predicted molar refractivity (Wildman–Crippen MR) is 75.6 cm³/mol. The van der Waals surface area contributed by atoms with Crippen LogP contribution in [0.5, 0.6) is 0 Å². The van der Waals surface area contributed by atoms with Gasteiger partial charge in [0.25, 0.3) is 0 Å². The highest BCUT2D eigenvalue weighted by atomic mass is 35.5. The van der Waals surface area contributed by atoms with E-state index in [1.54, 1.807) is 16.8 Å². The second-order valence-electron chi connectivity index (χ2n) is 4.63. The van der Waals surface area contributed by atoms with Gasteiger partial charge < -0.3 is 5.11 Å². The minimum Gasteiger partial charge on any atom is -0.390 e. The Bertz CT molecular complexity index is 581. The molecule has 0 unspecified atom stereocenters. The third kappa shape index (κ3) is 3.08. The van der Waals surface area contributed by atoms with Gasteiger partial charge in [-0.3, -0.25) is 0 Å². The molecular formula is C13H15Cl2N3O. The second kappa shape index (κ2) is 5.90. The Morgan fingerprint density at radius 3 is 2.63 bits per heavy atom. The fourth-order valence-electron chi connectivity index (χ4n) is 2.03. The van der Waals surface area contributed by atoms with Crippen molar-refractivity contribution in [2.75, 3.05) is 0 Å². The van der Waals surface area contributed by atoms with Crippen LogP contribution in [0.3, 0.4) is 0 Å². The number of aliphatic hydroxyl groups is 1. The SMILES string of the molecule is CC(C)c1c(CO)nnn1Cc1ccc(Cl)cc1Cl. The molecule has 4 nitrogen and oxygen atoms in total. The van der Waals surface area contributed by atoms with E-state index in [2.05, 4.69) is 10.3 Å². The molecule has 0 aliphatic rings. The van der Waals surface area contributed by atoms with Gasteiger partial charge in [0.2, 0.25) is 0 Å². The molecule has 1 aromatic carbocycles. The van der Waals surface area contributed by atoms with Crippen molar-refractivity contribution in [1.82, 2.24) is 15.0 Å². The molecular weight excluding hydrogens is 285 g/mol. The lowest BCUT2D eigenvalue weighted by molar-refractivity contribution is 0.275. The zero-order valence-corrected chi connectivity index (χ0v) is 12.3. The van der Waals surface area contributed by atoms with Crippen LogP contribution in [-0.4, -0.2) is 20.1 Å². The lowest BCUT2D eigenvalue weighted by Gasteiger charge is -2.11. The number of halogens is 2. The maximum absolute atomic E-state index is 9.28. The van der Waals surface area contributed by atoms with Crippen molar-refractivity contribution >= 4 is 23.2 Å². The number of rotatable bonds is 4. The first-order chi connectivity index (χ1) is 9.02. The molecule has 0 aliphatic heterocycles. The Balaban J connectivity index is 2.35. The lowest BCUT2D eigenvalue weighted by Crippen LogP contribution is -2.09. The van der Waals surface area contributed by atoms with Crippen molar-refractivity contribution in [1.29, 1.82) is 0 Å². The van der Waals surface area contributed by atoms with Crippen molar-refractivity contribution in [3.63, 3.8) is 0 Å². The largest absolute Gasteiger partial charge is 0.390 e. The molecule has 19 heavy (non-hydrogen) atoms. The summed E-state index contributed by atoms with van der Waals surface area (Å²) >= 11 is 12.0. The normalized spacial score (nSPS) is 11.3. The van der Waals surface area contributed by atoms with E-state index in [9.17, 15) is 5.11 Å². The summed E-state index contributed by atoms with van der Waals surface area (Å²) in [5.74, 6) is 0.225. The predicted octanol–water partition coefficient (Wildman–Crippen LogP) is 3.25. The molecule has 2 rings (SSSR count). The molecule has 0 radical (unpaired) electrons. The second-order valence-corrected chi connectivity index (χ2v) is 5.47. The Morgan fingerprint density at radius 2 is 2.05 bits per heavy atom. The van der Waals surface area contributed by atoms with Gasteiger partial charge in [0.05, 0.1) is 18.8 Å². The fourth-order valence-corrected chi connectivity index (χ4v) is 2.50. The molecule has 0 saturated heterocycles. The van der Waals surface area contributed by atoms with Crippen molar-refractivity contribution in [2.24, 2.45) is 0 Å². The van der Waals surface area contributed by atoms with Gasteiger partial charge >= 0.3 is 0 Å². The standard InChI is InChI=1S/C13H15Cl2N3O/c1-8(2)13-12(7-19)16-17-18(13)6-9-3-4-10(14)5-11(9)15/h3-5,8,19H,6-7H2,1-2H3. The van der Waals surface area contributed by atoms with Gasteiger partial charge in [-0.15, -0.1) is 5.10 Å². The molecule has 0 fully saturated rings. The van der Waals surface area contributed by atoms with Crippen molar-refractivity contribution in [3.8, 4) is 0 Å². The highest BCUT2D eigenvalue weighted by Crippen LogP contribution is 2.24. The summed E-state index contributed by atoms with van der Waals surface area (Å²) in [6.07, 6.45) is 0. The highest BCUT2D eigenvalue weighted by Gasteiger charge is 2.16. The monoisotopic (exact) mass is 299 g/mol. The smallest absolute Gasteiger partial charge is 0.112 e. The van der Waals surface area contributed by atoms with Crippen LogP contribution in [0.15, 0.2) is 18.2 Å².